The molecule has 0 saturated heterocycles. The Morgan fingerprint density at radius 3 is 2.57 bits per heavy atom. The van der Waals surface area contributed by atoms with Crippen LogP contribution < -0.4 is 5.32 Å². The topological polar surface area (TPSA) is 12.0 Å². The molecule has 1 aromatic carbocycles. The maximum absolute atomic E-state index is 3.39. The molecule has 0 aliphatic heterocycles. The zero-order chi connectivity index (χ0) is 9.80. The summed E-state index contributed by atoms with van der Waals surface area (Å²) < 4.78 is 0. The summed E-state index contributed by atoms with van der Waals surface area (Å²) in [5.74, 6) is 0. The van der Waals surface area contributed by atoms with Gasteiger partial charge in [0, 0.05) is 17.1 Å². The Balaban J connectivity index is 1.99. The lowest BCUT2D eigenvalue weighted by Crippen LogP contribution is -1.98. The van der Waals surface area contributed by atoms with E-state index in [0.29, 0.717) is 0 Å². The zero-order valence-electron chi connectivity index (χ0n) is 8.16. The second-order valence-corrected chi connectivity index (χ2v) is 4.34. The second kappa shape index (κ2) is 4.29. The van der Waals surface area contributed by atoms with Gasteiger partial charge in [-0.1, -0.05) is 18.2 Å². The SMILES string of the molecule is Cc1sccc1CNc1ccccc1. The number of aryl methyl sites for hydroxylation is 1. The van der Waals surface area contributed by atoms with E-state index in [4.69, 9.17) is 0 Å². The number of rotatable bonds is 3. The van der Waals surface area contributed by atoms with Crippen LogP contribution in [0.4, 0.5) is 5.69 Å². The molecule has 1 nitrogen and oxygen atoms in total. The Bertz CT molecular complexity index is 392. The van der Waals surface area contributed by atoms with Gasteiger partial charge in [0.2, 0.25) is 0 Å². The molecule has 0 aliphatic carbocycles. The predicted octanol–water partition coefficient (Wildman–Crippen LogP) is 3.67. The van der Waals surface area contributed by atoms with Crippen molar-refractivity contribution in [2.24, 2.45) is 0 Å². The van der Waals surface area contributed by atoms with Crippen molar-refractivity contribution in [1.82, 2.24) is 0 Å². The molecule has 0 bridgehead atoms. The van der Waals surface area contributed by atoms with E-state index < -0.39 is 0 Å². The van der Waals surface area contributed by atoms with E-state index >= 15 is 0 Å². The highest BCUT2D eigenvalue weighted by molar-refractivity contribution is 7.10. The molecule has 14 heavy (non-hydrogen) atoms. The molecular formula is C12H13NS. The van der Waals surface area contributed by atoms with Gasteiger partial charge in [0.1, 0.15) is 0 Å². The average Bonchev–Trinajstić information content (AvgIpc) is 2.63. The highest BCUT2D eigenvalue weighted by Gasteiger charge is 1.98. The van der Waals surface area contributed by atoms with Crippen molar-refractivity contribution in [3.05, 3.63) is 52.2 Å². The first-order valence-electron chi connectivity index (χ1n) is 4.68. The van der Waals surface area contributed by atoms with Crippen molar-refractivity contribution in [2.75, 3.05) is 5.32 Å². The van der Waals surface area contributed by atoms with Crippen LogP contribution in [0, 0.1) is 6.92 Å². The fraction of sp³-hybridized carbons (Fsp3) is 0.167. The number of hydrogen-bond acceptors (Lipinski definition) is 2. The Morgan fingerprint density at radius 1 is 1.14 bits per heavy atom. The predicted molar refractivity (Wildman–Crippen MR) is 62.8 cm³/mol. The summed E-state index contributed by atoms with van der Waals surface area (Å²) in [6.07, 6.45) is 0. The van der Waals surface area contributed by atoms with Gasteiger partial charge in [-0.05, 0) is 36.1 Å². The maximum atomic E-state index is 3.39. The third-order valence-electron chi connectivity index (χ3n) is 2.22. The minimum absolute atomic E-state index is 0.916. The Hall–Kier alpha value is -1.28. The van der Waals surface area contributed by atoms with Gasteiger partial charge >= 0.3 is 0 Å². The lowest BCUT2D eigenvalue weighted by Gasteiger charge is -2.05. The number of hydrogen-bond donors (Lipinski definition) is 1. The molecule has 0 spiro atoms. The van der Waals surface area contributed by atoms with Crippen LogP contribution in [-0.2, 0) is 6.54 Å². The molecule has 0 amide bonds. The van der Waals surface area contributed by atoms with Crippen LogP contribution >= 0.6 is 11.3 Å². The monoisotopic (exact) mass is 203 g/mol. The first-order chi connectivity index (χ1) is 6.86. The van der Waals surface area contributed by atoms with E-state index in [9.17, 15) is 0 Å². The van der Waals surface area contributed by atoms with Crippen LogP contribution in [0.15, 0.2) is 41.8 Å². The molecule has 1 heterocycles. The van der Waals surface area contributed by atoms with Crippen LogP contribution in [0.1, 0.15) is 10.4 Å². The Morgan fingerprint density at radius 2 is 1.93 bits per heavy atom. The minimum Gasteiger partial charge on any atom is -0.381 e. The highest BCUT2D eigenvalue weighted by atomic mass is 32.1. The van der Waals surface area contributed by atoms with E-state index in [1.54, 1.807) is 11.3 Å². The maximum Gasteiger partial charge on any atom is 0.0411 e. The van der Waals surface area contributed by atoms with E-state index in [1.807, 2.05) is 18.2 Å². The quantitative estimate of drug-likeness (QED) is 0.802. The van der Waals surface area contributed by atoms with Gasteiger partial charge < -0.3 is 5.32 Å². The third-order valence-corrected chi connectivity index (χ3v) is 3.11. The lowest BCUT2D eigenvalue weighted by atomic mass is 10.2. The van der Waals surface area contributed by atoms with Crippen molar-refractivity contribution in [2.45, 2.75) is 13.5 Å². The van der Waals surface area contributed by atoms with Crippen LogP contribution in [-0.4, -0.2) is 0 Å². The standard InChI is InChI=1S/C12H13NS/c1-10-11(7-8-14-10)9-13-12-5-3-2-4-6-12/h2-8,13H,9H2,1H3. The molecule has 0 unspecified atom stereocenters. The van der Waals surface area contributed by atoms with Gasteiger partial charge in [-0.25, -0.2) is 0 Å². The summed E-state index contributed by atoms with van der Waals surface area (Å²) >= 11 is 1.80. The summed E-state index contributed by atoms with van der Waals surface area (Å²) in [7, 11) is 0. The molecule has 0 aliphatic rings. The average molecular weight is 203 g/mol. The van der Waals surface area contributed by atoms with Gasteiger partial charge in [0.25, 0.3) is 0 Å². The van der Waals surface area contributed by atoms with E-state index in [1.165, 1.54) is 16.1 Å². The van der Waals surface area contributed by atoms with Gasteiger partial charge in [0.05, 0.1) is 0 Å². The molecule has 2 aromatic rings. The van der Waals surface area contributed by atoms with Crippen molar-refractivity contribution in [3.8, 4) is 0 Å². The van der Waals surface area contributed by atoms with Crippen molar-refractivity contribution >= 4 is 17.0 Å². The van der Waals surface area contributed by atoms with Gasteiger partial charge in [-0.3, -0.25) is 0 Å². The number of nitrogens with one attached hydrogen (secondary N) is 1. The molecule has 72 valence electrons. The third kappa shape index (κ3) is 2.15. The zero-order valence-corrected chi connectivity index (χ0v) is 8.97. The van der Waals surface area contributed by atoms with E-state index in [2.05, 4.69) is 35.8 Å². The van der Waals surface area contributed by atoms with Crippen LogP contribution in [0.3, 0.4) is 0 Å². The second-order valence-electron chi connectivity index (χ2n) is 3.22. The molecular weight excluding hydrogens is 190 g/mol. The molecule has 0 atom stereocenters. The van der Waals surface area contributed by atoms with E-state index in [-0.39, 0.29) is 0 Å². The first-order valence-corrected chi connectivity index (χ1v) is 5.56. The first kappa shape index (κ1) is 9.28. The summed E-state index contributed by atoms with van der Waals surface area (Å²) in [6.45, 7) is 3.08. The normalized spacial score (nSPS) is 10.1. The molecule has 2 rings (SSSR count). The lowest BCUT2D eigenvalue weighted by molar-refractivity contribution is 1.14. The number of para-hydroxylation sites is 1. The highest BCUT2D eigenvalue weighted by Crippen LogP contribution is 2.16. The molecule has 0 saturated carbocycles. The summed E-state index contributed by atoms with van der Waals surface area (Å²) in [5, 5.41) is 5.53. The molecule has 1 N–H and O–H groups in total. The fourth-order valence-corrected chi connectivity index (χ4v) is 2.08. The van der Waals surface area contributed by atoms with Crippen LogP contribution in [0.25, 0.3) is 0 Å². The molecule has 0 radical (unpaired) electrons. The smallest absolute Gasteiger partial charge is 0.0411 e. The Kier molecular flexibility index (Phi) is 2.84. The van der Waals surface area contributed by atoms with Crippen molar-refractivity contribution in [1.29, 1.82) is 0 Å². The fourth-order valence-electron chi connectivity index (χ4n) is 1.35. The minimum atomic E-state index is 0.916. The summed E-state index contributed by atoms with van der Waals surface area (Å²) in [4.78, 5) is 1.40. The Labute approximate surface area is 88.4 Å². The molecule has 0 fully saturated rings. The number of benzene rings is 1. The summed E-state index contributed by atoms with van der Waals surface area (Å²) in [5.41, 5.74) is 2.57. The van der Waals surface area contributed by atoms with Gasteiger partial charge in [-0.15, -0.1) is 11.3 Å². The van der Waals surface area contributed by atoms with Crippen LogP contribution in [0.2, 0.25) is 0 Å². The largest absolute Gasteiger partial charge is 0.381 e. The molecule has 1 aromatic heterocycles. The molecule has 2 heteroatoms. The number of anilines is 1. The summed E-state index contributed by atoms with van der Waals surface area (Å²) in [6, 6.07) is 12.5. The van der Waals surface area contributed by atoms with Gasteiger partial charge in [0.15, 0.2) is 0 Å². The number of thiophene rings is 1. The van der Waals surface area contributed by atoms with Crippen molar-refractivity contribution < 1.29 is 0 Å². The van der Waals surface area contributed by atoms with E-state index in [0.717, 1.165) is 6.54 Å². The van der Waals surface area contributed by atoms with Gasteiger partial charge in [-0.2, -0.15) is 0 Å². The van der Waals surface area contributed by atoms with Crippen molar-refractivity contribution in [3.63, 3.8) is 0 Å². The van der Waals surface area contributed by atoms with Crippen LogP contribution in [0.5, 0.6) is 0 Å².